The SMILES string of the molecule is CCCCc1noc(C)c1CCc1ncc(C(=O)CC(C)CO)s1. The number of nitrogens with zero attached hydrogens (tertiary/aromatic N) is 2. The number of carbonyl (C=O) groups excluding carboxylic acids is 1. The van der Waals surface area contributed by atoms with E-state index in [1.165, 1.54) is 16.9 Å². The van der Waals surface area contributed by atoms with Crippen molar-refractivity contribution in [2.75, 3.05) is 6.61 Å². The van der Waals surface area contributed by atoms with Crippen molar-refractivity contribution >= 4 is 17.1 Å². The van der Waals surface area contributed by atoms with Crippen molar-refractivity contribution in [3.63, 3.8) is 0 Å². The van der Waals surface area contributed by atoms with E-state index in [2.05, 4.69) is 17.1 Å². The third-order valence-corrected chi connectivity index (χ3v) is 5.19. The summed E-state index contributed by atoms with van der Waals surface area (Å²) in [6.07, 6.45) is 6.84. The number of unbranched alkanes of at least 4 members (excludes halogenated alkanes) is 1. The Morgan fingerprint density at radius 1 is 1.38 bits per heavy atom. The third-order valence-electron chi connectivity index (χ3n) is 4.10. The lowest BCUT2D eigenvalue weighted by molar-refractivity contribution is 0.0947. The van der Waals surface area contributed by atoms with Crippen molar-refractivity contribution in [2.24, 2.45) is 5.92 Å². The van der Waals surface area contributed by atoms with Gasteiger partial charge in [0.2, 0.25) is 0 Å². The zero-order valence-electron chi connectivity index (χ0n) is 14.7. The summed E-state index contributed by atoms with van der Waals surface area (Å²) in [4.78, 5) is 17.2. The third kappa shape index (κ3) is 4.98. The molecule has 0 spiro atoms. The van der Waals surface area contributed by atoms with Crippen LogP contribution in [0.5, 0.6) is 0 Å². The van der Waals surface area contributed by atoms with E-state index in [4.69, 9.17) is 9.63 Å². The quantitative estimate of drug-likeness (QED) is 0.660. The molecular weight excluding hydrogens is 324 g/mol. The number of hydrogen-bond acceptors (Lipinski definition) is 6. The van der Waals surface area contributed by atoms with Crippen LogP contribution in [0.3, 0.4) is 0 Å². The Bertz CT molecular complexity index is 663. The maximum Gasteiger partial charge on any atom is 0.174 e. The molecule has 24 heavy (non-hydrogen) atoms. The number of aryl methyl sites for hydroxylation is 3. The zero-order valence-corrected chi connectivity index (χ0v) is 15.5. The van der Waals surface area contributed by atoms with Gasteiger partial charge in [-0.15, -0.1) is 11.3 Å². The summed E-state index contributed by atoms with van der Waals surface area (Å²) in [5.74, 6) is 0.930. The largest absolute Gasteiger partial charge is 0.396 e. The molecule has 1 atom stereocenters. The van der Waals surface area contributed by atoms with E-state index >= 15 is 0 Å². The van der Waals surface area contributed by atoms with Crippen LogP contribution in [0.1, 0.15) is 64.8 Å². The first-order valence-electron chi connectivity index (χ1n) is 8.57. The molecule has 0 aliphatic heterocycles. The molecule has 1 unspecified atom stereocenters. The lowest BCUT2D eigenvalue weighted by Gasteiger charge is -2.04. The molecule has 132 valence electrons. The molecule has 6 heteroatoms. The Balaban J connectivity index is 1.96. The molecule has 0 radical (unpaired) electrons. The monoisotopic (exact) mass is 350 g/mol. The minimum Gasteiger partial charge on any atom is -0.396 e. The van der Waals surface area contributed by atoms with Crippen LogP contribution in [0.15, 0.2) is 10.7 Å². The lowest BCUT2D eigenvalue weighted by atomic mass is 10.0. The molecule has 2 aromatic heterocycles. The summed E-state index contributed by atoms with van der Waals surface area (Å²) >= 11 is 1.45. The maximum atomic E-state index is 12.1. The fourth-order valence-electron chi connectivity index (χ4n) is 2.57. The van der Waals surface area contributed by atoms with E-state index in [0.717, 1.165) is 48.6 Å². The minimum atomic E-state index is -0.0103. The van der Waals surface area contributed by atoms with Gasteiger partial charge in [0.15, 0.2) is 5.78 Å². The van der Waals surface area contributed by atoms with Crippen molar-refractivity contribution in [3.8, 4) is 0 Å². The molecule has 2 rings (SSSR count). The Morgan fingerprint density at radius 3 is 2.88 bits per heavy atom. The predicted molar refractivity (Wildman–Crippen MR) is 94.6 cm³/mol. The van der Waals surface area contributed by atoms with Crippen molar-refractivity contribution in [2.45, 2.75) is 59.3 Å². The molecule has 0 amide bonds. The van der Waals surface area contributed by atoms with Crippen LogP contribution in [-0.4, -0.2) is 27.6 Å². The first-order valence-corrected chi connectivity index (χ1v) is 9.39. The molecular formula is C18H26N2O3S. The second-order valence-corrected chi connectivity index (χ2v) is 7.42. The van der Waals surface area contributed by atoms with Crippen molar-refractivity contribution in [3.05, 3.63) is 33.1 Å². The molecule has 0 fully saturated rings. The highest BCUT2D eigenvalue weighted by atomic mass is 32.1. The summed E-state index contributed by atoms with van der Waals surface area (Å²) < 4.78 is 5.34. The van der Waals surface area contributed by atoms with Crippen LogP contribution in [0, 0.1) is 12.8 Å². The van der Waals surface area contributed by atoms with Gasteiger partial charge in [-0.25, -0.2) is 4.98 Å². The summed E-state index contributed by atoms with van der Waals surface area (Å²) in [5.41, 5.74) is 2.24. The first kappa shape index (κ1) is 18.8. The number of thiazole rings is 1. The van der Waals surface area contributed by atoms with E-state index in [-0.39, 0.29) is 18.3 Å². The van der Waals surface area contributed by atoms with E-state index in [1.807, 2.05) is 13.8 Å². The van der Waals surface area contributed by atoms with Gasteiger partial charge in [0.05, 0.1) is 15.6 Å². The predicted octanol–water partition coefficient (Wildman–Crippen LogP) is 3.77. The Labute approximate surface area is 147 Å². The number of ketones is 1. The van der Waals surface area contributed by atoms with Crippen molar-refractivity contribution < 1.29 is 14.4 Å². The number of aliphatic hydroxyl groups is 1. The van der Waals surface area contributed by atoms with Gasteiger partial charge >= 0.3 is 0 Å². The van der Waals surface area contributed by atoms with Crippen LogP contribution >= 0.6 is 11.3 Å². The number of Topliss-reactive ketones (excluding diaryl/α,β-unsaturated/α-hetero) is 1. The topological polar surface area (TPSA) is 76.2 Å². The summed E-state index contributed by atoms with van der Waals surface area (Å²) in [6, 6.07) is 0. The molecule has 0 aliphatic carbocycles. The smallest absolute Gasteiger partial charge is 0.174 e. The van der Waals surface area contributed by atoms with E-state index < -0.39 is 0 Å². The summed E-state index contributed by atoms with van der Waals surface area (Å²) in [5, 5.41) is 14.2. The first-order chi connectivity index (χ1) is 11.5. The average molecular weight is 350 g/mol. The molecule has 1 N–H and O–H groups in total. The van der Waals surface area contributed by atoms with Crippen molar-refractivity contribution in [1.29, 1.82) is 0 Å². The summed E-state index contributed by atoms with van der Waals surface area (Å²) in [7, 11) is 0. The standard InChI is InChI=1S/C18H26N2O3S/c1-4-5-6-15-14(13(3)23-20-15)7-8-18-19-10-17(24-18)16(22)9-12(2)11-21/h10,12,21H,4-9,11H2,1-3H3. The maximum absolute atomic E-state index is 12.1. The molecule has 5 nitrogen and oxygen atoms in total. The van der Waals surface area contributed by atoms with Crippen LogP contribution in [0.2, 0.25) is 0 Å². The van der Waals surface area contributed by atoms with E-state index in [0.29, 0.717) is 11.3 Å². The number of carbonyl (C=O) groups is 1. The Kier molecular flexibility index (Phi) is 7.12. The summed E-state index contributed by atoms with van der Waals surface area (Å²) in [6.45, 7) is 6.01. The minimum absolute atomic E-state index is 0.0103. The molecule has 0 saturated carbocycles. The molecule has 2 heterocycles. The highest BCUT2D eigenvalue weighted by Gasteiger charge is 2.16. The van der Waals surface area contributed by atoms with Gasteiger partial charge in [0.25, 0.3) is 0 Å². The molecule has 0 aliphatic rings. The average Bonchev–Trinajstić information content (AvgIpc) is 3.18. The second-order valence-electron chi connectivity index (χ2n) is 6.30. The molecule has 0 bridgehead atoms. The Morgan fingerprint density at radius 2 is 2.17 bits per heavy atom. The molecule has 0 aromatic carbocycles. The van der Waals surface area contributed by atoms with Gasteiger partial charge in [-0.3, -0.25) is 4.79 Å². The molecule has 2 aromatic rings. The Hall–Kier alpha value is -1.53. The number of aliphatic hydroxyl groups excluding tert-OH is 1. The van der Waals surface area contributed by atoms with Crippen LogP contribution < -0.4 is 0 Å². The normalized spacial score (nSPS) is 12.5. The van der Waals surface area contributed by atoms with Crippen molar-refractivity contribution in [1.82, 2.24) is 10.1 Å². The van der Waals surface area contributed by atoms with E-state index in [1.54, 1.807) is 6.20 Å². The van der Waals surface area contributed by atoms with Crippen LogP contribution in [0.4, 0.5) is 0 Å². The number of rotatable bonds is 10. The zero-order chi connectivity index (χ0) is 17.5. The number of hydrogen-bond donors (Lipinski definition) is 1. The highest BCUT2D eigenvalue weighted by molar-refractivity contribution is 7.13. The van der Waals surface area contributed by atoms with Gasteiger partial charge in [-0.2, -0.15) is 0 Å². The van der Waals surface area contributed by atoms with Crippen LogP contribution in [-0.2, 0) is 19.3 Å². The number of aromatic nitrogens is 2. The fourth-order valence-corrected chi connectivity index (χ4v) is 3.43. The highest BCUT2D eigenvalue weighted by Crippen LogP contribution is 2.22. The van der Waals surface area contributed by atoms with Crippen LogP contribution in [0.25, 0.3) is 0 Å². The van der Waals surface area contributed by atoms with E-state index in [9.17, 15) is 4.79 Å². The lowest BCUT2D eigenvalue weighted by Crippen LogP contribution is -2.07. The van der Waals surface area contributed by atoms with Gasteiger partial charge in [0, 0.05) is 31.2 Å². The van der Waals surface area contributed by atoms with Gasteiger partial charge in [0.1, 0.15) is 5.76 Å². The molecule has 0 saturated heterocycles. The second kappa shape index (κ2) is 9.08. The van der Waals surface area contributed by atoms with Gasteiger partial charge < -0.3 is 9.63 Å². The fraction of sp³-hybridized carbons (Fsp3) is 0.611. The van der Waals surface area contributed by atoms with Gasteiger partial charge in [-0.05, 0) is 32.1 Å². The van der Waals surface area contributed by atoms with Gasteiger partial charge in [-0.1, -0.05) is 25.4 Å².